The highest BCUT2D eigenvalue weighted by Crippen LogP contribution is 2.43. The lowest BCUT2D eigenvalue weighted by Crippen LogP contribution is -2.47. The molecule has 0 radical (unpaired) electrons. The highest BCUT2D eigenvalue weighted by molar-refractivity contribution is 7.47. The number of unbranched alkanes of at least 4 members (excludes halogenated alkanes) is 31. The van der Waals surface area contributed by atoms with E-state index in [2.05, 4.69) is 99.0 Å². The van der Waals surface area contributed by atoms with E-state index in [0.29, 0.717) is 17.4 Å². The van der Waals surface area contributed by atoms with Crippen LogP contribution < -0.4 is 5.32 Å². The van der Waals surface area contributed by atoms with Crippen LogP contribution in [0.25, 0.3) is 0 Å². The van der Waals surface area contributed by atoms with Gasteiger partial charge in [-0.05, 0) is 109 Å². The fraction of sp³-hybridized carbons (Fsp3) is 0.768. The average molecular weight is 1130 g/mol. The minimum Gasteiger partial charge on any atom is -0.456 e. The molecule has 0 saturated heterocycles. The Morgan fingerprint density at radius 3 is 1.18 bits per heavy atom. The van der Waals surface area contributed by atoms with Gasteiger partial charge in [0.15, 0.2) is 0 Å². The minimum atomic E-state index is -4.46. The van der Waals surface area contributed by atoms with Crippen LogP contribution in [0, 0.1) is 0 Å². The lowest BCUT2D eigenvalue weighted by atomic mass is 10.0. The normalized spacial score (nSPS) is 14.2. The number of phosphoric acid groups is 1. The van der Waals surface area contributed by atoms with Crippen molar-refractivity contribution < 1.29 is 37.3 Å². The Morgan fingerprint density at radius 2 is 0.772 bits per heavy atom. The molecule has 9 nitrogen and oxygen atoms in total. The van der Waals surface area contributed by atoms with Gasteiger partial charge in [0.2, 0.25) is 5.91 Å². The molecule has 0 rings (SSSR count). The van der Waals surface area contributed by atoms with Crippen molar-refractivity contribution in [2.24, 2.45) is 0 Å². The van der Waals surface area contributed by atoms with Crippen LogP contribution in [-0.4, -0.2) is 74.3 Å². The molecule has 0 aliphatic rings. The number of carbonyl (C=O) groups is 2. The molecule has 0 fully saturated rings. The Labute approximate surface area is 488 Å². The van der Waals surface area contributed by atoms with Gasteiger partial charge in [0, 0.05) is 12.8 Å². The molecule has 79 heavy (non-hydrogen) atoms. The maximum absolute atomic E-state index is 13.6. The van der Waals surface area contributed by atoms with Crippen LogP contribution >= 0.6 is 7.82 Å². The molecular formula is C69H126N2O7P+. The Morgan fingerprint density at radius 1 is 0.443 bits per heavy atom. The highest BCUT2D eigenvalue weighted by Gasteiger charge is 2.30. The van der Waals surface area contributed by atoms with E-state index >= 15 is 0 Å². The quantitative estimate of drug-likeness (QED) is 0.0205. The molecule has 0 bridgehead atoms. The highest BCUT2D eigenvalue weighted by atomic mass is 31.2. The molecule has 0 aromatic carbocycles. The van der Waals surface area contributed by atoms with Crippen molar-refractivity contribution in [3.63, 3.8) is 0 Å². The van der Waals surface area contributed by atoms with Gasteiger partial charge in [0.25, 0.3) is 0 Å². The van der Waals surface area contributed by atoms with E-state index in [4.69, 9.17) is 13.8 Å². The predicted octanol–water partition coefficient (Wildman–Crippen LogP) is 20.6. The van der Waals surface area contributed by atoms with Crippen LogP contribution in [0.1, 0.15) is 290 Å². The molecule has 0 saturated carbocycles. The Bertz CT molecular complexity index is 1630. The fourth-order valence-corrected chi connectivity index (χ4v) is 9.93. The number of amides is 1. The van der Waals surface area contributed by atoms with Gasteiger partial charge in [-0.3, -0.25) is 18.6 Å². The van der Waals surface area contributed by atoms with Crippen LogP contribution in [-0.2, 0) is 27.9 Å². The molecule has 1 amide bonds. The van der Waals surface area contributed by atoms with Crippen molar-refractivity contribution in [1.29, 1.82) is 0 Å². The first-order valence-corrected chi connectivity index (χ1v) is 34.4. The second kappa shape index (κ2) is 58.4. The zero-order valence-corrected chi connectivity index (χ0v) is 53.2. The molecule has 0 heterocycles. The largest absolute Gasteiger partial charge is 0.472 e. The summed E-state index contributed by atoms with van der Waals surface area (Å²) in [4.78, 5) is 37.8. The van der Waals surface area contributed by atoms with Gasteiger partial charge >= 0.3 is 13.8 Å². The van der Waals surface area contributed by atoms with Gasteiger partial charge in [-0.15, -0.1) is 0 Å². The number of likely N-dealkylation sites (N-methyl/N-ethyl adjacent to an activating group) is 1. The summed E-state index contributed by atoms with van der Waals surface area (Å²) >= 11 is 0. The predicted molar refractivity (Wildman–Crippen MR) is 341 cm³/mol. The lowest BCUT2D eigenvalue weighted by molar-refractivity contribution is -0.870. The molecule has 0 aliphatic carbocycles. The third-order valence-electron chi connectivity index (χ3n) is 14.3. The number of quaternary nitrogens is 1. The molecule has 0 spiro atoms. The average Bonchev–Trinajstić information content (AvgIpc) is 3.41. The molecule has 3 atom stereocenters. The Hall–Kier alpha value is -2.81. The smallest absolute Gasteiger partial charge is 0.456 e. The van der Waals surface area contributed by atoms with E-state index in [-0.39, 0.29) is 31.5 Å². The summed E-state index contributed by atoms with van der Waals surface area (Å²) in [6, 6.07) is -0.863. The summed E-state index contributed by atoms with van der Waals surface area (Å²) < 4.78 is 30.8. The Kier molecular flexibility index (Phi) is 56.3. The first-order valence-electron chi connectivity index (χ1n) is 32.9. The second-order valence-electron chi connectivity index (χ2n) is 23.3. The van der Waals surface area contributed by atoms with Crippen molar-refractivity contribution in [2.45, 2.75) is 303 Å². The van der Waals surface area contributed by atoms with E-state index < -0.39 is 20.0 Å². The number of nitrogens with zero attached hydrogens (tertiary/aromatic N) is 1. The van der Waals surface area contributed by atoms with Crippen LogP contribution in [0.4, 0.5) is 0 Å². The number of nitrogens with one attached hydrogen (secondary N) is 1. The number of rotatable bonds is 59. The van der Waals surface area contributed by atoms with Crippen LogP contribution in [0.15, 0.2) is 85.1 Å². The van der Waals surface area contributed by atoms with E-state index in [1.165, 1.54) is 148 Å². The molecule has 0 aromatic heterocycles. The maximum Gasteiger partial charge on any atom is 0.472 e. The van der Waals surface area contributed by atoms with Crippen LogP contribution in [0.3, 0.4) is 0 Å². The summed E-state index contributed by atoms with van der Waals surface area (Å²) in [7, 11) is 1.48. The number of carbonyl (C=O) groups excluding carboxylic acids is 2. The maximum atomic E-state index is 13.6. The summed E-state index contributed by atoms with van der Waals surface area (Å²) in [6.45, 7) is 6.96. The van der Waals surface area contributed by atoms with E-state index in [0.717, 1.165) is 109 Å². The van der Waals surface area contributed by atoms with Gasteiger partial charge in [0.1, 0.15) is 19.3 Å². The standard InChI is InChI=1S/C69H125N2O7P/c1-7-10-13-16-19-22-25-28-30-32-34-35-37-38-40-43-46-49-52-55-58-61-68(72)70-66(65-77-79(74,75)76-64-63-71(4,5)6)67(60-57-54-51-48-45-42-27-24-21-18-15-12-9-3)78-69(73)62-59-56-53-50-47-44-41-39-36-33-31-29-26-23-20-17-14-11-8-2/h19-20,22-23,28-31,34-36,39,57,60,66-67H,7-18,21,24-27,32-33,37-38,40-56,58-59,61-65H2,1-6H3,(H-,70,72,74,75)/p+1/b22-19-,23-20-,30-28-,31-29-,35-34-,39-36-,60-57+. The molecule has 2 N–H and O–H groups in total. The summed E-state index contributed by atoms with van der Waals surface area (Å²) in [5.74, 6) is -0.525. The van der Waals surface area contributed by atoms with Gasteiger partial charge in [0.05, 0.1) is 33.8 Å². The third kappa shape index (κ3) is 59.6. The van der Waals surface area contributed by atoms with Crippen LogP contribution in [0.2, 0.25) is 0 Å². The van der Waals surface area contributed by atoms with Crippen molar-refractivity contribution in [3.05, 3.63) is 85.1 Å². The van der Waals surface area contributed by atoms with E-state index in [9.17, 15) is 19.0 Å². The molecule has 458 valence electrons. The first kappa shape index (κ1) is 76.2. The van der Waals surface area contributed by atoms with E-state index in [1.807, 2.05) is 33.3 Å². The summed E-state index contributed by atoms with van der Waals surface area (Å²) in [6.07, 6.45) is 77.1. The zero-order valence-electron chi connectivity index (χ0n) is 52.3. The molecule has 3 unspecified atom stereocenters. The summed E-state index contributed by atoms with van der Waals surface area (Å²) in [5, 5.41) is 3.06. The topological polar surface area (TPSA) is 111 Å². The fourth-order valence-electron chi connectivity index (χ4n) is 9.19. The van der Waals surface area contributed by atoms with Crippen LogP contribution in [0.5, 0.6) is 0 Å². The number of phosphoric ester groups is 1. The third-order valence-corrected chi connectivity index (χ3v) is 15.3. The first-order chi connectivity index (χ1) is 38.4. The molecule has 10 heteroatoms. The van der Waals surface area contributed by atoms with Crippen molar-refractivity contribution >= 4 is 19.7 Å². The number of hydrogen-bond acceptors (Lipinski definition) is 6. The van der Waals surface area contributed by atoms with Gasteiger partial charge in [-0.2, -0.15) is 0 Å². The number of esters is 1. The lowest BCUT2D eigenvalue weighted by Gasteiger charge is -2.27. The van der Waals surface area contributed by atoms with Gasteiger partial charge < -0.3 is 19.4 Å². The Balaban J connectivity index is 5.27. The van der Waals surface area contributed by atoms with Crippen molar-refractivity contribution in [2.75, 3.05) is 40.9 Å². The van der Waals surface area contributed by atoms with Crippen molar-refractivity contribution in [3.8, 4) is 0 Å². The molecule has 0 aromatic rings. The van der Waals surface area contributed by atoms with Crippen molar-refractivity contribution in [1.82, 2.24) is 5.32 Å². The monoisotopic (exact) mass is 1130 g/mol. The minimum absolute atomic E-state index is 0.0332. The second-order valence-corrected chi connectivity index (χ2v) is 24.7. The van der Waals surface area contributed by atoms with Gasteiger partial charge in [-0.1, -0.05) is 254 Å². The zero-order chi connectivity index (χ0) is 57.9. The van der Waals surface area contributed by atoms with Gasteiger partial charge in [-0.25, -0.2) is 4.57 Å². The number of allylic oxidation sites excluding steroid dienone is 13. The van der Waals surface area contributed by atoms with E-state index in [1.54, 1.807) is 0 Å². The number of hydrogen-bond donors (Lipinski definition) is 2. The molecular weight excluding hydrogens is 1000 g/mol. The number of ether oxygens (including phenoxy) is 1. The SMILES string of the molecule is CCCCC/C=C\C/C=C\C/C=C\CCCCCCCCCCC(=O)NC(COP(=O)(O)OCC[N+](C)(C)C)C(/C=C/CCCCCCCCCCCCC)OC(=O)CCCCCCCC/C=C\C/C=C\C/C=C\CCCCC. The molecule has 0 aliphatic heterocycles. The summed E-state index contributed by atoms with van der Waals surface area (Å²) in [5.41, 5.74) is 0.